The molecule has 0 saturated carbocycles. The van der Waals surface area contributed by atoms with E-state index in [1.54, 1.807) is 0 Å². The summed E-state index contributed by atoms with van der Waals surface area (Å²) in [7, 11) is 0. The van der Waals surface area contributed by atoms with Crippen molar-refractivity contribution in [2.45, 2.75) is 19.8 Å². The first-order valence-corrected chi connectivity index (χ1v) is 5.72. The SMILES string of the molecule is CCCc1cc(Br)c2oc(=S)[nH]c2c1. The third kappa shape index (κ3) is 1.77. The van der Waals surface area contributed by atoms with Crippen molar-refractivity contribution < 1.29 is 4.42 Å². The zero-order valence-corrected chi connectivity index (χ0v) is 10.2. The van der Waals surface area contributed by atoms with Crippen LogP contribution >= 0.6 is 28.1 Å². The van der Waals surface area contributed by atoms with Gasteiger partial charge < -0.3 is 9.40 Å². The molecule has 1 N–H and O–H groups in total. The summed E-state index contributed by atoms with van der Waals surface area (Å²) < 4.78 is 6.31. The zero-order chi connectivity index (χ0) is 10.1. The normalized spacial score (nSPS) is 11.0. The van der Waals surface area contributed by atoms with E-state index < -0.39 is 0 Å². The number of hydrogen-bond acceptors (Lipinski definition) is 2. The number of aromatic amines is 1. The Kier molecular flexibility index (Phi) is 2.74. The van der Waals surface area contributed by atoms with Crippen LogP contribution in [0.3, 0.4) is 0 Å². The number of aromatic nitrogens is 1. The van der Waals surface area contributed by atoms with Gasteiger partial charge in [0.1, 0.15) is 0 Å². The first-order chi connectivity index (χ1) is 6.70. The molecule has 1 heterocycles. The van der Waals surface area contributed by atoms with Crippen LogP contribution < -0.4 is 0 Å². The Morgan fingerprint density at radius 2 is 2.29 bits per heavy atom. The van der Waals surface area contributed by atoms with Crippen molar-refractivity contribution in [2.24, 2.45) is 0 Å². The molecule has 0 amide bonds. The van der Waals surface area contributed by atoms with Crippen LogP contribution in [-0.2, 0) is 6.42 Å². The lowest BCUT2D eigenvalue weighted by molar-refractivity contribution is 0.581. The summed E-state index contributed by atoms with van der Waals surface area (Å²) in [6, 6.07) is 4.17. The Morgan fingerprint density at radius 1 is 1.50 bits per heavy atom. The van der Waals surface area contributed by atoms with E-state index in [9.17, 15) is 0 Å². The molecule has 1 aromatic carbocycles. The maximum absolute atomic E-state index is 5.34. The molecule has 4 heteroatoms. The third-order valence-electron chi connectivity index (χ3n) is 2.07. The molecule has 0 spiro atoms. The molecule has 2 rings (SSSR count). The molecule has 1 aromatic heterocycles. The van der Waals surface area contributed by atoms with E-state index in [1.165, 1.54) is 5.56 Å². The molecule has 2 nitrogen and oxygen atoms in total. The minimum absolute atomic E-state index is 0.425. The predicted molar refractivity (Wildman–Crippen MR) is 63.1 cm³/mol. The number of benzene rings is 1. The fourth-order valence-corrected chi connectivity index (χ4v) is 2.29. The molecule has 0 aliphatic rings. The highest BCUT2D eigenvalue weighted by Crippen LogP contribution is 2.26. The van der Waals surface area contributed by atoms with E-state index in [0.717, 1.165) is 28.4 Å². The van der Waals surface area contributed by atoms with E-state index >= 15 is 0 Å². The van der Waals surface area contributed by atoms with E-state index in [1.807, 2.05) is 0 Å². The molecular weight excluding hydrogens is 262 g/mol. The van der Waals surface area contributed by atoms with Crippen molar-refractivity contribution in [2.75, 3.05) is 0 Å². The molecule has 0 aliphatic heterocycles. The van der Waals surface area contributed by atoms with E-state index in [2.05, 4.69) is 40.0 Å². The van der Waals surface area contributed by atoms with Crippen LogP contribution in [0.2, 0.25) is 0 Å². The number of hydrogen-bond donors (Lipinski definition) is 1. The molecule has 0 bridgehead atoms. The molecule has 0 unspecified atom stereocenters. The molecule has 0 saturated heterocycles. The molecule has 0 radical (unpaired) electrons. The number of H-pyrrole nitrogens is 1. The molecule has 0 aliphatic carbocycles. The van der Waals surface area contributed by atoms with E-state index in [-0.39, 0.29) is 0 Å². The van der Waals surface area contributed by atoms with Gasteiger partial charge in [0, 0.05) is 0 Å². The van der Waals surface area contributed by atoms with Crippen LogP contribution in [0.25, 0.3) is 11.1 Å². The van der Waals surface area contributed by atoms with E-state index in [4.69, 9.17) is 16.6 Å². The second-order valence-electron chi connectivity index (χ2n) is 3.22. The monoisotopic (exact) mass is 271 g/mol. The Bertz CT molecular complexity index is 514. The standard InChI is InChI=1S/C10H10BrNOS/c1-2-3-6-4-7(11)9-8(5-6)12-10(14)13-9/h4-5H,2-3H2,1H3,(H,12,14). The molecule has 2 aromatic rings. The number of aryl methyl sites for hydroxylation is 1. The van der Waals surface area contributed by atoms with Crippen molar-refractivity contribution in [1.29, 1.82) is 0 Å². The van der Waals surface area contributed by atoms with Crippen molar-refractivity contribution in [1.82, 2.24) is 4.98 Å². The summed E-state index contributed by atoms with van der Waals surface area (Å²) in [6.07, 6.45) is 2.21. The second-order valence-corrected chi connectivity index (χ2v) is 4.44. The van der Waals surface area contributed by atoms with Crippen molar-refractivity contribution >= 4 is 39.2 Å². The average molecular weight is 272 g/mol. The number of oxazole rings is 1. The number of nitrogens with one attached hydrogen (secondary N) is 1. The second kappa shape index (κ2) is 3.87. The lowest BCUT2D eigenvalue weighted by atomic mass is 10.1. The number of fused-ring (bicyclic) bond motifs is 1. The molecule has 0 fully saturated rings. The number of halogens is 1. The summed E-state index contributed by atoms with van der Waals surface area (Å²) in [5, 5.41) is 0. The highest BCUT2D eigenvalue weighted by atomic mass is 79.9. The van der Waals surface area contributed by atoms with Crippen LogP contribution in [0.5, 0.6) is 0 Å². The molecular formula is C10H10BrNOS. The van der Waals surface area contributed by atoms with Crippen LogP contribution in [-0.4, -0.2) is 4.98 Å². The minimum Gasteiger partial charge on any atom is -0.428 e. The maximum atomic E-state index is 5.34. The van der Waals surface area contributed by atoms with Gasteiger partial charge >= 0.3 is 0 Å². The zero-order valence-electron chi connectivity index (χ0n) is 7.76. The van der Waals surface area contributed by atoms with Gasteiger partial charge in [-0.3, -0.25) is 0 Å². The van der Waals surface area contributed by atoms with Crippen LogP contribution in [0, 0.1) is 4.84 Å². The van der Waals surface area contributed by atoms with Crippen molar-refractivity contribution in [3.63, 3.8) is 0 Å². The Hall–Kier alpha value is -0.610. The van der Waals surface area contributed by atoms with Crippen molar-refractivity contribution in [3.05, 3.63) is 27.0 Å². The molecule has 0 atom stereocenters. The molecule has 74 valence electrons. The number of rotatable bonds is 2. The van der Waals surface area contributed by atoms with Gasteiger partial charge in [-0.05, 0) is 52.3 Å². The van der Waals surface area contributed by atoms with Gasteiger partial charge in [0.2, 0.25) is 0 Å². The van der Waals surface area contributed by atoms with Crippen molar-refractivity contribution in [3.8, 4) is 0 Å². The highest BCUT2D eigenvalue weighted by Gasteiger charge is 2.05. The van der Waals surface area contributed by atoms with E-state index in [0.29, 0.717) is 4.84 Å². The summed E-state index contributed by atoms with van der Waals surface area (Å²) in [5.74, 6) is 0. The van der Waals surface area contributed by atoms with Crippen LogP contribution in [0.4, 0.5) is 0 Å². The van der Waals surface area contributed by atoms with Crippen LogP contribution in [0.1, 0.15) is 18.9 Å². The van der Waals surface area contributed by atoms with Gasteiger partial charge in [0.15, 0.2) is 5.58 Å². The van der Waals surface area contributed by atoms with Gasteiger partial charge in [-0.25, -0.2) is 0 Å². The minimum atomic E-state index is 0.425. The summed E-state index contributed by atoms with van der Waals surface area (Å²) in [5.41, 5.74) is 3.06. The van der Waals surface area contributed by atoms with Gasteiger partial charge in [-0.2, -0.15) is 0 Å². The highest BCUT2D eigenvalue weighted by molar-refractivity contribution is 9.10. The van der Waals surface area contributed by atoms with Gasteiger partial charge in [-0.15, -0.1) is 0 Å². The first kappa shape index (κ1) is 9.93. The lowest BCUT2D eigenvalue weighted by Gasteiger charge is -1.99. The van der Waals surface area contributed by atoms with Gasteiger partial charge in [0.05, 0.1) is 9.99 Å². The van der Waals surface area contributed by atoms with Crippen LogP contribution in [0.15, 0.2) is 21.0 Å². The van der Waals surface area contributed by atoms with Gasteiger partial charge in [-0.1, -0.05) is 13.3 Å². The Morgan fingerprint density at radius 3 is 3.00 bits per heavy atom. The summed E-state index contributed by atoms with van der Waals surface area (Å²) >= 11 is 8.41. The molecule has 14 heavy (non-hydrogen) atoms. The van der Waals surface area contributed by atoms with Gasteiger partial charge in [0.25, 0.3) is 4.84 Å². The maximum Gasteiger partial charge on any atom is 0.266 e. The quantitative estimate of drug-likeness (QED) is 0.830. The lowest BCUT2D eigenvalue weighted by Crippen LogP contribution is -1.83. The largest absolute Gasteiger partial charge is 0.428 e. The summed E-state index contributed by atoms with van der Waals surface area (Å²) in [6.45, 7) is 2.16. The fourth-order valence-electron chi connectivity index (χ4n) is 1.51. The predicted octanol–water partition coefficient (Wildman–Crippen LogP) is 4.21. The third-order valence-corrected chi connectivity index (χ3v) is 2.85. The smallest absolute Gasteiger partial charge is 0.266 e. The average Bonchev–Trinajstić information content (AvgIpc) is 2.47. The fraction of sp³-hybridized carbons (Fsp3) is 0.300. The Balaban J connectivity index is 2.65. The topological polar surface area (TPSA) is 28.9 Å². The first-order valence-electron chi connectivity index (χ1n) is 4.52. The summed E-state index contributed by atoms with van der Waals surface area (Å²) in [4.78, 5) is 3.44. The Labute approximate surface area is 95.4 Å².